The van der Waals surface area contributed by atoms with E-state index in [2.05, 4.69) is 0 Å². The van der Waals surface area contributed by atoms with E-state index in [4.69, 9.17) is 30.8 Å². The van der Waals surface area contributed by atoms with Gasteiger partial charge in [0.1, 0.15) is 36.6 Å². The Morgan fingerprint density at radius 1 is 0.760 bits per heavy atom. The molecule has 10 N–H and O–H groups in total. The van der Waals surface area contributed by atoms with Gasteiger partial charge in [-0.05, 0) is 0 Å². The largest absolute Gasteiger partial charge is 0.394 e. The minimum atomic E-state index is -1.49. The lowest BCUT2D eigenvalue weighted by Gasteiger charge is -2.45. The topological polar surface area (TPSA) is 201 Å². The molecule has 2 fully saturated rings. The lowest BCUT2D eigenvalue weighted by atomic mass is 9.95. The number of aliphatic hydroxyl groups is 6. The number of rotatable bonds is 4. The first kappa shape index (κ1) is 25.1. The van der Waals surface area contributed by atoms with Crippen molar-refractivity contribution in [3.8, 4) is 0 Å². The molecule has 0 saturated carbocycles. The van der Waals surface area contributed by atoms with Crippen LogP contribution < -0.4 is 11.5 Å². The Hall–Kier alpha value is 0.140. The smallest absolute Gasteiger partial charge is 0.176 e. The molecular formula is C12H26Cl2N2O9. The average Bonchev–Trinajstić information content (AvgIpc) is 2.55. The van der Waals surface area contributed by atoms with Crippen molar-refractivity contribution in [1.82, 2.24) is 0 Å². The Morgan fingerprint density at radius 3 is 1.84 bits per heavy atom. The highest BCUT2D eigenvalue weighted by atomic mass is 35.5. The number of nitrogens with two attached hydrogens (primary N) is 2. The third kappa shape index (κ3) is 5.11. The Morgan fingerprint density at radius 2 is 1.32 bits per heavy atom. The molecule has 1 unspecified atom stereocenters. The summed E-state index contributed by atoms with van der Waals surface area (Å²) in [5.41, 5.74) is 11.3. The summed E-state index contributed by atoms with van der Waals surface area (Å²) in [4.78, 5) is 0. The van der Waals surface area contributed by atoms with Gasteiger partial charge in [0, 0.05) is 0 Å². The van der Waals surface area contributed by atoms with Crippen molar-refractivity contribution in [2.75, 3.05) is 13.2 Å². The van der Waals surface area contributed by atoms with E-state index in [0.717, 1.165) is 0 Å². The summed E-state index contributed by atoms with van der Waals surface area (Å²) < 4.78 is 15.8. The predicted octanol–water partition coefficient (Wildman–Crippen LogP) is -4.62. The lowest BCUT2D eigenvalue weighted by Crippen LogP contribution is -2.67. The van der Waals surface area contributed by atoms with Crippen LogP contribution in [0.2, 0.25) is 0 Å². The highest BCUT2D eigenvalue weighted by Gasteiger charge is 2.49. The van der Waals surface area contributed by atoms with Crippen LogP contribution in [0.15, 0.2) is 0 Å². The van der Waals surface area contributed by atoms with Crippen molar-refractivity contribution >= 4 is 24.8 Å². The normalized spacial score (nSPS) is 47.5. The molecule has 0 aromatic rings. The van der Waals surface area contributed by atoms with Gasteiger partial charge in [-0.2, -0.15) is 0 Å². The van der Waals surface area contributed by atoms with Crippen molar-refractivity contribution in [2.24, 2.45) is 11.5 Å². The maximum absolute atomic E-state index is 10.1. The van der Waals surface area contributed by atoms with Crippen molar-refractivity contribution in [2.45, 2.75) is 61.3 Å². The molecule has 0 bridgehead atoms. The molecule has 0 aliphatic carbocycles. The Kier molecular flexibility index (Phi) is 10.5. The molecule has 0 aromatic heterocycles. The Labute approximate surface area is 156 Å². The van der Waals surface area contributed by atoms with E-state index >= 15 is 0 Å². The van der Waals surface area contributed by atoms with Crippen LogP contribution in [0.5, 0.6) is 0 Å². The van der Waals surface area contributed by atoms with E-state index in [1.54, 1.807) is 0 Å². The lowest BCUT2D eigenvalue weighted by molar-refractivity contribution is -0.324. The summed E-state index contributed by atoms with van der Waals surface area (Å²) in [6, 6.07) is -2.37. The molecule has 0 aromatic carbocycles. The second-order valence-corrected chi connectivity index (χ2v) is 5.70. The van der Waals surface area contributed by atoms with E-state index in [-0.39, 0.29) is 24.8 Å². The Bertz CT molecular complexity index is 396. The van der Waals surface area contributed by atoms with Gasteiger partial charge in [-0.3, -0.25) is 0 Å². The standard InChI is InChI=1S/C12H24N2O9.2ClH/c13-5-9(19)10(4(2-16)21-11(5)20)23-12-6(14)8(18)7(17)3(1-15)22-12;;/h3-12,15-20H,1-2,13-14H2;2*1H/t3-,4-,5-,6-,7-,8-,9-,10-,11?,12-;;/m1../s1. The molecule has 0 amide bonds. The molecule has 13 heteroatoms. The average molecular weight is 413 g/mol. The third-order valence-corrected chi connectivity index (χ3v) is 4.14. The van der Waals surface area contributed by atoms with Crippen molar-refractivity contribution in [3.63, 3.8) is 0 Å². The monoisotopic (exact) mass is 412 g/mol. The molecular weight excluding hydrogens is 387 g/mol. The molecule has 2 rings (SSSR count). The van der Waals surface area contributed by atoms with Crippen LogP contribution in [0, 0.1) is 0 Å². The van der Waals surface area contributed by atoms with E-state index in [9.17, 15) is 25.5 Å². The number of ether oxygens (including phenoxy) is 3. The molecule has 2 aliphatic rings. The molecule has 152 valence electrons. The number of halogens is 2. The van der Waals surface area contributed by atoms with Gasteiger partial charge in [0.2, 0.25) is 0 Å². The summed E-state index contributed by atoms with van der Waals surface area (Å²) in [5, 5.41) is 57.7. The predicted molar refractivity (Wildman–Crippen MR) is 87.1 cm³/mol. The second-order valence-electron chi connectivity index (χ2n) is 5.70. The number of aliphatic hydroxyl groups excluding tert-OH is 6. The fourth-order valence-corrected chi connectivity index (χ4v) is 2.65. The van der Waals surface area contributed by atoms with Crippen molar-refractivity contribution < 1.29 is 44.8 Å². The number of hydrogen-bond donors (Lipinski definition) is 8. The van der Waals surface area contributed by atoms with Crippen LogP contribution in [0.3, 0.4) is 0 Å². The molecule has 10 atom stereocenters. The van der Waals surface area contributed by atoms with Crippen LogP contribution in [0.1, 0.15) is 0 Å². The SMILES string of the molecule is Cl.Cl.N[C@H]1[C@@H](O[C@H]2[C@H](O)[C@@H](N)C(O)O[C@@H]2CO)O[C@H](CO)[C@@H](O)[C@@H]1O. The minimum Gasteiger partial charge on any atom is -0.394 e. The van der Waals surface area contributed by atoms with E-state index in [0.29, 0.717) is 0 Å². The van der Waals surface area contributed by atoms with Crippen LogP contribution in [0.25, 0.3) is 0 Å². The maximum Gasteiger partial charge on any atom is 0.176 e. The first-order valence-corrected chi connectivity index (χ1v) is 7.23. The van der Waals surface area contributed by atoms with Gasteiger partial charge in [-0.15, -0.1) is 24.8 Å². The highest BCUT2D eigenvalue weighted by molar-refractivity contribution is 5.85. The first-order chi connectivity index (χ1) is 10.8. The van der Waals surface area contributed by atoms with E-state index in [1.807, 2.05) is 0 Å². The summed E-state index contributed by atoms with van der Waals surface area (Å²) in [6.07, 6.45) is -10.5. The van der Waals surface area contributed by atoms with Crippen LogP contribution in [-0.2, 0) is 14.2 Å². The molecule has 0 radical (unpaired) electrons. The van der Waals surface area contributed by atoms with Crippen LogP contribution in [0.4, 0.5) is 0 Å². The third-order valence-electron chi connectivity index (χ3n) is 4.14. The fraction of sp³-hybridized carbons (Fsp3) is 1.00. The molecule has 0 spiro atoms. The van der Waals surface area contributed by atoms with Gasteiger partial charge in [0.15, 0.2) is 12.6 Å². The fourth-order valence-electron chi connectivity index (χ4n) is 2.65. The van der Waals surface area contributed by atoms with Gasteiger partial charge < -0.3 is 56.3 Å². The molecule has 2 heterocycles. The summed E-state index contributed by atoms with van der Waals surface area (Å²) in [6.45, 7) is -1.17. The van der Waals surface area contributed by atoms with E-state index in [1.165, 1.54) is 0 Å². The number of hydrogen-bond acceptors (Lipinski definition) is 11. The van der Waals surface area contributed by atoms with Gasteiger partial charge in [-0.25, -0.2) is 0 Å². The quantitative estimate of drug-likeness (QED) is 0.220. The second kappa shape index (κ2) is 10.5. The van der Waals surface area contributed by atoms with Gasteiger partial charge >= 0.3 is 0 Å². The summed E-state index contributed by atoms with van der Waals surface area (Å²) in [5.74, 6) is 0. The Balaban J connectivity index is 0.00000288. The first-order valence-electron chi connectivity index (χ1n) is 7.23. The zero-order valence-corrected chi connectivity index (χ0v) is 14.7. The zero-order valence-electron chi connectivity index (χ0n) is 13.1. The highest BCUT2D eigenvalue weighted by Crippen LogP contribution is 2.27. The van der Waals surface area contributed by atoms with Crippen molar-refractivity contribution in [1.29, 1.82) is 0 Å². The van der Waals surface area contributed by atoms with Crippen molar-refractivity contribution in [3.05, 3.63) is 0 Å². The van der Waals surface area contributed by atoms with Gasteiger partial charge in [0.05, 0.1) is 25.3 Å². The molecule has 2 saturated heterocycles. The van der Waals surface area contributed by atoms with Crippen LogP contribution >= 0.6 is 24.8 Å². The van der Waals surface area contributed by atoms with Gasteiger partial charge in [0.25, 0.3) is 0 Å². The maximum atomic E-state index is 10.1. The molecule has 25 heavy (non-hydrogen) atoms. The summed E-state index contributed by atoms with van der Waals surface area (Å²) >= 11 is 0. The molecule has 11 nitrogen and oxygen atoms in total. The van der Waals surface area contributed by atoms with E-state index < -0.39 is 74.5 Å². The van der Waals surface area contributed by atoms with Gasteiger partial charge in [-0.1, -0.05) is 0 Å². The summed E-state index contributed by atoms with van der Waals surface area (Å²) in [7, 11) is 0. The zero-order chi connectivity index (χ0) is 17.3. The minimum absolute atomic E-state index is 0. The van der Waals surface area contributed by atoms with Crippen LogP contribution in [-0.4, -0.2) is 105 Å². The molecule has 2 aliphatic heterocycles.